The fraction of sp³-hybridized carbons (Fsp3) is 0.400. The minimum atomic E-state index is -3.47. The van der Waals surface area contributed by atoms with Crippen LogP contribution in [0.5, 0.6) is 5.75 Å². The SMILES string of the molecule is COCCS(=O)(=O)N[C@@H]1CCCc2c(-c3noc(-c4ccc(OC(C)C)c(C#N)c4)n3)cccc21. The number of sulfonamides is 1. The van der Waals surface area contributed by atoms with Crippen LogP contribution in [0.25, 0.3) is 22.8 Å². The van der Waals surface area contributed by atoms with Gasteiger partial charge in [0.15, 0.2) is 0 Å². The molecule has 1 aliphatic rings. The molecule has 184 valence electrons. The molecule has 0 saturated carbocycles. The quantitative estimate of drug-likeness (QED) is 0.471. The predicted molar refractivity (Wildman–Crippen MR) is 130 cm³/mol. The summed E-state index contributed by atoms with van der Waals surface area (Å²) in [7, 11) is -2.00. The lowest BCUT2D eigenvalue weighted by molar-refractivity contribution is 0.216. The second-order valence-corrected chi connectivity index (χ2v) is 10.5. The zero-order chi connectivity index (χ0) is 25.0. The predicted octanol–water partition coefficient (Wildman–Crippen LogP) is 4.01. The van der Waals surface area contributed by atoms with E-state index < -0.39 is 10.0 Å². The van der Waals surface area contributed by atoms with Gasteiger partial charge in [-0.05, 0) is 62.4 Å². The number of rotatable bonds is 9. The Morgan fingerprint density at radius 2 is 2.11 bits per heavy atom. The van der Waals surface area contributed by atoms with Gasteiger partial charge in [0.1, 0.15) is 11.8 Å². The highest BCUT2D eigenvalue weighted by Gasteiger charge is 2.27. The van der Waals surface area contributed by atoms with Crippen LogP contribution < -0.4 is 9.46 Å². The molecule has 0 radical (unpaired) electrons. The molecule has 2 aromatic carbocycles. The highest BCUT2D eigenvalue weighted by atomic mass is 32.2. The van der Waals surface area contributed by atoms with Gasteiger partial charge in [-0.15, -0.1) is 0 Å². The van der Waals surface area contributed by atoms with Crippen molar-refractivity contribution < 1.29 is 22.4 Å². The van der Waals surface area contributed by atoms with Crippen molar-refractivity contribution in [1.82, 2.24) is 14.9 Å². The summed E-state index contributed by atoms with van der Waals surface area (Å²) in [4.78, 5) is 4.58. The van der Waals surface area contributed by atoms with E-state index in [2.05, 4.69) is 20.9 Å². The molecule has 35 heavy (non-hydrogen) atoms. The average Bonchev–Trinajstić information content (AvgIpc) is 3.32. The minimum Gasteiger partial charge on any atom is -0.490 e. The second-order valence-electron chi connectivity index (χ2n) is 8.66. The summed E-state index contributed by atoms with van der Waals surface area (Å²) >= 11 is 0. The first-order valence-corrected chi connectivity index (χ1v) is 13.1. The first kappa shape index (κ1) is 24.9. The van der Waals surface area contributed by atoms with Crippen LogP contribution in [0, 0.1) is 11.3 Å². The van der Waals surface area contributed by atoms with Gasteiger partial charge in [0, 0.05) is 24.3 Å². The van der Waals surface area contributed by atoms with Crippen LogP contribution in [0.2, 0.25) is 0 Å². The van der Waals surface area contributed by atoms with E-state index in [1.165, 1.54) is 7.11 Å². The Morgan fingerprint density at radius 1 is 1.29 bits per heavy atom. The fourth-order valence-corrected chi connectivity index (χ4v) is 5.39. The number of nitrogens with zero attached hydrogens (tertiary/aromatic N) is 3. The summed E-state index contributed by atoms with van der Waals surface area (Å²) in [5.41, 5.74) is 3.73. The molecule has 0 spiro atoms. The van der Waals surface area contributed by atoms with Crippen molar-refractivity contribution >= 4 is 10.0 Å². The number of fused-ring (bicyclic) bond motifs is 1. The molecule has 0 amide bonds. The monoisotopic (exact) mass is 496 g/mol. The molecule has 4 rings (SSSR count). The van der Waals surface area contributed by atoms with Gasteiger partial charge in [-0.1, -0.05) is 23.4 Å². The lowest BCUT2D eigenvalue weighted by Crippen LogP contribution is -2.34. The summed E-state index contributed by atoms with van der Waals surface area (Å²) in [6, 6.07) is 12.7. The molecule has 1 heterocycles. The van der Waals surface area contributed by atoms with Crippen LogP contribution in [0.15, 0.2) is 40.9 Å². The molecule has 9 nitrogen and oxygen atoms in total. The average molecular weight is 497 g/mol. The van der Waals surface area contributed by atoms with Crippen LogP contribution in [-0.2, 0) is 21.2 Å². The van der Waals surface area contributed by atoms with Gasteiger partial charge < -0.3 is 14.0 Å². The number of benzene rings is 2. The molecule has 0 saturated heterocycles. The van der Waals surface area contributed by atoms with Gasteiger partial charge in [-0.2, -0.15) is 10.2 Å². The number of hydrogen-bond acceptors (Lipinski definition) is 8. The fourth-order valence-electron chi connectivity index (χ4n) is 4.21. The van der Waals surface area contributed by atoms with Gasteiger partial charge in [0.05, 0.1) is 24.0 Å². The molecule has 0 unspecified atom stereocenters. The summed E-state index contributed by atoms with van der Waals surface area (Å²) in [5.74, 6) is 1.12. The first-order chi connectivity index (χ1) is 16.8. The lowest BCUT2D eigenvalue weighted by Gasteiger charge is -2.27. The Hall–Kier alpha value is -3.26. The van der Waals surface area contributed by atoms with E-state index in [-0.39, 0.29) is 30.4 Å². The van der Waals surface area contributed by atoms with Crippen molar-refractivity contribution in [2.24, 2.45) is 0 Å². The van der Waals surface area contributed by atoms with E-state index in [1.54, 1.807) is 18.2 Å². The topological polar surface area (TPSA) is 127 Å². The summed E-state index contributed by atoms with van der Waals surface area (Å²) in [6.45, 7) is 3.93. The van der Waals surface area contributed by atoms with Crippen molar-refractivity contribution in [2.45, 2.75) is 45.3 Å². The Balaban J connectivity index is 1.63. The summed E-state index contributed by atoms with van der Waals surface area (Å²) in [6.07, 6.45) is 2.27. The highest BCUT2D eigenvalue weighted by Crippen LogP contribution is 2.36. The van der Waals surface area contributed by atoms with Crippen LogP contribution in [0.3, 0.4) is 0 Å². The molecule has 3 aromatic rings. The Labute approximate surface area is 205 Å². The van der Waals surface area contributed by atoms with Gasteiger partial charge >= 0.3 is 0 Å². The normalized spacial score (nSPS) is 15.6. The highest BCUT2D eigenvalue weighted by molar-refractivity contribution is 7.89. The maximum atomic E-state index is 12.5. The van der Waals surface area contributed by atoms with E-state index in [4.69, 9.17) is 14.0 Å². The maximum absolute atomic E-state index is 12.5. The van der Waals surface area contributed by atoms with Crippen LogP contribution in [0.1, 0.15) is 49.4 Å². The molecular formula is C25H28N4O5S. The standard InChI is InChI=1S/C25H28N4O5S/c1-16(2)33-23-11-10-17(14-18(23)15-26)25-27-24(28-34-25)21-8-4-7-20-19(21)6-5-9-22(20)29-35(30,31)13-12-32-3/h4,7-8,10-11,14,16,22,29H,5-6,9,12-13H2,1-3H3/t22-/m1/s1. The number of hydrogen-bond donors (Lipinski definition) is 1. The van der Waals surface area contributed by atoms with Crippen LogP contribution >= 0.6 is 0 Å². The third kappa shape index (κ3) is 5.70. The summed E-state index contributed by atoms with van der Waals surface area (Å²) < 4.78 is 43.9. The molecule has 0 aliphatic heterocycles. The number of nitriles is 1. The Kier molecular flexibility index (Phi) is 7.50. The second kappa shape index (κ2) is 10.6. The van der Waals surface area contributed by atoms with Crippen LogP contribution in [0.4, 0.5) is 0 Å². The van der Waals surface area contributed by atoms with Crippen LogP contribution in [-0.4, -0.2) is 44.1 Å². The Bertz CT molecular complexity index is 1340. The molecule has 0 fully saturated rings. The zero-order valence-electron chi connectivity index (χ0n) is 19.9. The van der Waals surface area contributed by atoms with Gasteiger partial charge in [0.25, 0.3) is 5.89 Å². The number of methoxy groups -OCH3 is 1. The summed E-state index contributed by atoms with van der Waals surface area (Å²) in [5, 5.41) is 13.7. The Morgan fingerprint density at radius 3 is 2.86 bits per heavy atom. The lowest BCUT2D eigenvalue weighted by atomic mass is 9.85. The van der Waals surface area contributed by atoms with Crippen molar-refractivity contribution in [3.8, 4) is 34.7 Å². The number of ether oxygens (including phenoxy) is 2. The van der Waals surface area contributed by atoms with E-state index in [0.29, 0.717) is 29.1 Å². The zero-order valence-corrected chi connectivity index (χ0v) is 20.8. The molecule has 10 heteroatoms. The van der Waals surface area contributed by atoms with E-state index in [1.807, 2.05) is 32.0 Å². The van der Waals surface area contributed by atoms with Crippen molar-refractivity contribution in [3.05, 3.63) is 53.1 Å². The molecule has 1 aromatic heterocycles. The molecular weight excluding hydrogens is 468 g/mol. The van der Waals surface area contributed by atoms with Gasteiger partial charge in [-0.3, -0.25) is 0 Å². The van der Waals surface area contributed by atoms with E-state index >= 15 is 0 Å². The maximum Gasteiger partial charge on any atom is 0.258 e. The van der Waals surface area contributed by atoms with Crippen molar-refractivity contribution in [2.75, 3.05) is 19.5 Å². The largest absolute Gasteiger partial charge is 0.490 e. The first-order valence-electron chi connectivity index (χ1n) is 11.5. The van der Waals surface area contributed by atoms with Crippen molar-refractivity contribution in [1.29, 1.82) is 5.26 Å². The van der Waals surface area contributed by atoms with E-state index in [0.717, 1.165) is 29.5 Å². The van der Waals surface area contributed by atoms with E-state index in [9.17, 15) is 13.7 Å². The van der Waals surface area contributed by atoms with Crippen molar-refractivity contribution in [3.63, 3.8) is 0 Å². The molecule has 1 N–H and O–H groups in total. The smallest absolute Gasteiger partial charge is 0.258 e. The molecule has 0 bridgehead atoms. The number of aromatic nitrogens is 2. The molecule has 1 atom stereocenters. The van der Waals surface area contributed by atoms with Gasteiger partial charge in [0.2, 0.25) is 15.8 Å². The molecule has 1 aliphatic carbocycles. The third-order valence-corrected chi connectivity index (χ3v) is 7.11. The minimum absolute atomic E-state index is 0.0551. The van der Waals surface area contributed by atoms with Gasteiger partial charge in [-0.25, -0.2) is 13.1 Å². The third-order valence-electron chi connectivity index (χ3n) is 5.76. The number of nitrogens with one attached hydrogen (secondary N) is 1.